The molecule has 4 atom stereocenters. The smallest absolute Gasteiger partial charge is 0.407 e. The first-order valence-electron chi connectivity index (χ1n) is 14.8. The van der Waals surface area contributed by atoms with E-state index in [1.807, 2.05) is 68.4 Å². The predicted octanol–water partition coefficient (Wildman–Crippen LogP) is 2.31. The number of aliphatic hydroxyl groups excluding tert-OH is 1. The highest BCUT2D eigenvalue weighted by molar-refractivity contribution is 5.90. The van der Waals surface area contributed by atoms with E-state index in [1.165, 1.54) is 0 Å². The molecule has 0 fully saturated rings. The van der Waals surface area contributed by atoms with E-state index < -0.39 is 41.8 Å². The SMILES string of the molecule is CC(C)C1NC(=O)[C@@H](C(O)[C@H](Cc2ccccc2)NC(=O)OC(C)(C)C)NCc2cccc(c2)OCCOCCNC1=O. The lowest BCUT2D eigenvalue weighted by Crippen LogP contribution is -2.62. The Kier molecular flexibility index (Phi) is 12.8. The van der Waals surface area contributed by atoms with Crippen molar-refractivity contribution in [2.75, 3.05) is 26.4 Å². The normalized spacial score (nSPS) is 20.5. The van der Waals surface area contributed by atoms with Gasteiger partial charge in [-0.15, -0.1) is 0 Å². The van der Waals surface area contributed by atoms with Crippen molar-refractivity contribution in [3.8, 4) is 5.75 Å². The Labute approximate surface area is 254 Å². The van der Waals surface area contributed by atoms with Gasteiger partial charge in [0.15, 0.2) is 0 Å². The van der Waals surface area contributed by atoms with Crippen LogP contribution in [0.3, 0.4) is 0 Å². The summed E-state index contributed by atoms with van der Waals surface area (Å²) in [6.45, 7) is 10.3. The first-order chi connectivity index (χ1) is 20.4. The molecule has 1 aliphatic heterocycles. The van der Waals surface area contributed by atoms with Gasteiger partial charge in [-0.25, -0.2) is 4.79 Å². The predicted molar refractivity (Wildman–Crippen MR) is 162 cm³/mol. The Bertz CT molecular complexity index is 1190. The van der Waals surface area contributed by atoms with E-state index in [0.29, 0.717) is 19.0 Å². The van der Waals surface area contributed by atoms with E-state index in [9.17, 15) is 19.5 Å². The number of hydrogen-bond donors (Lipinski definition) is 5. The number of nitrogens with one attached hydrogen (secondary N) is 4. The van der Waals surface area contributed by atoms with Crippen LogP contribution in [0.4, 0.5) is 4.79 Å². The molecule has 1 heterocycles. The second-order valence-electron chi connectivity index (χ2n) is 11.9. The monoisotopic (exact) mass is 598 g/mol. The fourth-order valence-corrected chi connectivity index (χ4v) is 4.61. The second-order valence-corrected chi connectivity index (χ2v) is 11.9. The number of hydrogen-bond acceptors (Lipinski definition) is 8. The van der Waals surface area contributed by atoms with Crippen molar-refractivity contribution in [3.05, 3.63) is 65.7 Å². The number of amides is 3. The van der Waals surface area contributed by atoms with Crippen molar-refractivity contribution in [2.24, 2.45) is 5.92 Å². The van der Waals surface area contributed by atoms with Gasteiger partial charge in [0.1, 0.15) is 30.0 Å². The summed E-state index contributed by atoms with van der Waals surface area (Å²) in [7, 11) is 0. The molecule has 0 spiro atoms. The molecule has 3 amide bonds. The average molecular weight is 599 g/mol. The summed E-state index contributed by atoms with van der Waals surface area (Å²) in [6.07, 6.45) is -1.90. The number of carbonyl (C=O) groups excluding carboxylic acids is 3. The molecule has 2 bridgehead atoms. The molecule has 0 aromatic heterocycles. The molecular formula is C32H46N4O7. The van der Waals surface area contributed by atoms with Crippen LogP contribution in [0.15, 0.2) is 54.6 Å². The lowest BCUT2D eigenvalue weighted by atomic mass is 9.94. The van der Waals surface area contributed by atoms with Gasteiger partial charge >= 0.3 is 6.09 Å². The third-order valence-corrected chi connectivity index (χ3v) is 6.75. The summed E-state index contributed by atoms with van der Waals surface area (Å²) in [5.74, 6) is -0.552. The van der Waals surface area contributed by atoms with Crippen LogP contribution < -0.4 is 26.0 Å². The highest BCUT2D eigenvalue weighted by atomic mass is 16.6. The zero-order chi connectivity index (χ0) is 31.4. The molecule has 236 valence electrons. The maximum atomic E-state index is 13.9. The van der Waals surface area contributed by atoms with E-state index in [2.05, 4.69) is 21.3 Å². The van der Waals surface area contributed by atoms with Crippen LogP contribution in [-0.2, 0) is 32.0 Å². The van der Waals surface area contributed by atoms with Crippen LogP contribution in [0.1, 0.15) is 45.7 Å². The minimum atomic E-state index is -1.40. The molecule has 0 saturated heterocycles. The maximum absolute atomic E-state index is 13.9. The minimum absolute atomic E-state index is 0.200. The van der Waals surface area contributed by atoms with Gasteiger partial charge in [-0.2, -0.15) is 0 Å². The quantitative estimate of drug-likeness (QED) is 0.341. The van der Waals surface area contributed by atoms with E-state index in [1.54, 1.807) is 20.8 Å². The van der Waals surface area contributed by atoms with Gasteiger partial charge in [0.2, 0.25) is 11.8 Å². The molecule has 2 aromatic rings. The van der Waals surface area contributed by atoms with E-state index in [0.717, 1.165) is 11.1 Å². The highest BCUT2D eigenvalue weighted by Crippen LogP contribution is 2.16. The molecule has 43 heavy (non-hydrogen) atoms. The molecule has 0 saturated carbocycles. The van der Waals surface area contributed by atoms with Gasteiger partial charge in [0, 0.05) is 13.1 Å². The minimum Gasteiger partial charge on any atom is -0.491 e. The van der Waals surface area contributed by atoms with Crippen LogP contribution in [0.2, 0.25) is 0 Å². The number of carbonyl (C=O) groups is 3. The number of ether oxygens (including phenoxy) is 3. The zero-order valence-electron chi connectivity index (χ0n) is 25.7. The number of rotatable bonds is 6. The Morgan fingerprint density at radius 1 is 1.02 bits per heavy atom. The summed E-state index contributed by atoms with van der Waals surface area (Å²) in [5, 5.41) is 23.3. The molecule has 2 aromatic carbocycles. The molecule has 0 radical (unpaired) electrons. The maximum Gasteiger partial charge on any atom is 0.407 e. The average Bonchev–Trinajstić information content (AvgIpc) is 2.94. The third kappa shape index (κ3) is 11.5. The molecular weight excluding hydrogens is 552 g/mol. The van der Waals surface area contributed by atoms with Gasteiger partial charge in [0.25, 0.3) is 0 Å². The fraction of sp³-hybridized carbons (Fsp3) is 0.531. The summed E-state index contributed by atoms with van der Waals surface area (Å²) < 4.78 is 16.8. The van der Waals surface area contributed by atoms with Crippen LogP contribution in [0.5, 0.6) is 5.75 Å². The van der Waals surface area contributed by atoms with Crippen molar-refractivity contribution >= 4 is 17.9 Å². The topological polar surface area (TPSA) is 147 Å². The lowest BCUT2D eigenvalue weighted by molar-refractivity contribution is -0.133. The summed E-state index contributed by atoms with van der Waals surface area (Å²) in [6, 6.07) is 13.7. The summed E-state index contributed by atoms with van der Waals surface area (Å²) >= 11 is 0. The molecule has 3 rings (SSSR count). The summed E-state index contributed by atoms with van der Waals surface area (Å²) in [5.41, 5.74) is 0.892. The van der Waals surface area contributed by atoms with Crippen molar-refractivity contribution in [1.29, 1.82) is 0 Å². The molecule has 1 aliphatic rings. The first-order valence-corrected chi connectivity index (χ1v) is 14.8. The molecule has 11 heteroatoms. The van der Waals surface area contributed by atoms with E-state index in [-0.39, 0.29) is 37.9 Å². The molecule has 2 unspecified atom stereocenters. The van der Waals surface area contributed by atoms with Crippen molar-refractivity contribution in [3.63, 3.8) is 0 Å². The van der Waals surface area contributed by atoms with Crippen LogP contribution in [0, 0.1) is 5.92 Å². The number of fused-ring (bicyclic) bond motifs is 2. The second kappa shape index (κ2) is 16.3. The molecule has 0 aliphatic carbocycles. The Morgan fingerprint density at radius 2 is 1.77 bits per heavy atom. The van der Waals surface area contributed by atoms with Crippen LogP contribution >= 0.6 is 0 Å². The third-order valence-electron chi connectivity index (χ3n) is 6.75. The summed E-state index contributed by atoms with van der Waals surface area (Å²) in [4.78, 5) is 39.7. The number of alkyl carbamates (subject to hydrolysis) is 1. The number of aliphatic hydroxyl groups is 1. The van der Waals surface area contributed by atoms with Crippen LogP contribution in [0.25, 0.3) is 0 Å². The highest BCUT2D eigenvalue weighted by Gasteiger charge is 2.37. The van der Waals surface area contributed by atoms with Crippen molar-refractivity contribution in [1.82, 2.24) is 21.3 Å². The Morgan fingerprint density at radius 3 is 2.47 bits per heavy atom. The number of benzene rings is 2. The molecule has 5 N–H and O–H groups in total. The Balaban J connectivity index is 1.94. The van der Waals surface area contributed by atoms with Crippen LogP contribution in [-0.4, -0.2) is 79.2 Å². The fourth-order valence-electron chi connectivity index (χ4n) is 4.61. The Hall–Kier alpha value is -3.67. The lowest BCUT2D eigenvalue weighted by Gasteiger charge is -2.33. The first kappa shape index (κ1) is 33.8. The van der Waals surface area contributed by atoms with E-state index >= 15 is 0 Å². The van der Waals surface area contributed by atoms with Gasteiger partial charge < -0.3 is 35.3 Å². The van der Waals surface area contributed by atoms with Gasteiger partial charge in [-0.05, 0) is 56.4 Å². The van der Waals surface area contributed by atoms with Crippen molar-refractivity contribution in [2.45, 2.75) is 77.4 Å². The van der Waals surface area contributed by atoms with Gasteiger partial charge in [-0.1, -0.05) is 56.3 Å². The van der Waals surface area contributed by atoms with Gasteiger partial charge in [-0.3, -0.25) is 14.9 Å². The zero-order valence-corrected chi connectivity index (χ0v) is 25.7. The molecule has 11 nitrogen and oxygen atoms in total. The van der Waals surface area contributed by atoms with E-state index in [4.69, 9.17) is 14.2 Å². The van der Waals surface area contributed by atoms with Crippen molar-refractivity contribution < 1.29 is 33.7 Å². The van der Waals surface area contributed by atoms with Gasteiger partial charge in [0.05, 0.1) is 25.4 Å². The largest absolute Gasteiger partial charge is 0.491 e. The standard InChI is InChI=1S/C32H46N4O7/c1-21(2)26-29(38)33-14-15-41-16-17-42-24-13-9-12-23(18-24)20-34-27(30(39)36-26)28(37)25(19-22-10-7-6-8-11-22)35-31(40)43-32(3,4)5/h6-13,18,21,25-28,34,37H,14-17,19-20H2,1-5H3,(H,33,38)(H,35,40)(H,36,39)/t25-,26?,27+,28?/m0/s1.